The van der Waals surface area contributed by atoms with Crippen LogP contribution in [0.2, 0.25) is 0 Å². The Morgan fingerprint density at radius 2 is 1.94 bits per heavy atom. The lowest BCUT2D eigenvalue weighted by Gasteiger charge is -2.45. The molecule has 1 N–H and O–H groups in total. The fourth-order valence-electron chi connectivity index (χ4n) is 3.35. The van der Waals surface area contributed by atoms with Crippen LogP contribution in [-0.4, -0.2) is 56.5 Å². The summed E-state index contributed by atoms with van der Waals surface area (Å²) in [7, 11) is -0.745. The molecule has 0 aromatic rings. The molecule has 0 spiro atoms. The molecule has 100 valence electrons. The molecule has 2 rings (SSSR count). The molecule has 4 nitrogen and oxygen atoms in total. The number of piperidine rings is 1. The standard InChI is InChI=1S/C12H24N2O2S/c1-9-10(2)14(6-4-12(9)13-3)11-5-7-17(15,16)8-11/h9-13H,4-8H2,1-3H3. The molecular formula is C12H24N2O2S. The van der Waals surface area contributed by atoms with E-state index in [4.69, 9.17) is 0 Å². The summed E-state index contributed by atoms with van der Waals surface area (Å²) in [5.74, 6) is 1.33. The molecule has 0 radical (unpaired) electrons. The Labute approximate surface area is 105 Å². The molecule has 0 amide bonds. The predicted molar refractivity (Wildman–Crippen MR) is 69.9 cm³/mol. The number of nitrogens with zero attached hydrogens (tertiary/aromatic N) is 1. The third kappa shape index (κ3) is 2.66. The molecular weight excluding hydrogens is 236 g/mol. The Morgan fingerprint density at radius 3 is 2.47 bits per heavy atom. The highest BCUT2D eigenvalue weighted by molar-refractivity contribution is 7.91. The fourth-order valence-corrected chi connectivity index (χ4v) is 5.09. The Kier molecular flexibility index (Phi) is 3.80. The first-order chi connectivity index (χ1) is 7.94. The molecule has 0 aromatic carbocycles. The van der Waals surface area contributed by atoms with Crippen LogP contribution >= 0.6 is 0 Å². The average molecular weight is 260 g/mol. The molecule has 4 atom stereocenters. The smallest absolute Gasteiger partial charge is 0.151 e. The Hall–Kier alpha value is -0.130. The summed E-state index contributed by atoms with van der Waals surface area (Å²) in [6, 6.07) is 1.30. The SMILES string of the molecule is CNC1CCN(C2CCS(=O)(=O)C2)C(C)C1C. The van der Waals surface area contributed by atoms with Gasteiger partial charge in [-0.3, -0.25) is 4.90 Å². The number of sulfone groups is 1. The number of likely N-dealkylation sites (tertiary alicyclic amines) is 1. The van der Waals surface area contributed by atoms with Crippen molar-refractivity contribution in [2.24, 2.45) is 5.92 Å². The van der Waals surface area contributed by atoms with Crippen molar-refractivity contribution in [1.82, 2.24) is 10.2 Å². The van der Waals surface area contributed by atoms with E-state index in [9.17, 15) is 8.42 Å². The van der Waals surface area contributed by atoms with Gasteiger partial charge in [0.15, 0.2) is 9.84 Å². The van der Waals surface area contributed by atoms with Gasteiger partial charge < -0.3 is 5.32 Å². The Balaban J connectivity index is 2.04. The quantitative estimate of drug-likeness (QED) is 0.785. The molecule has 2 saturated heterocycles. The maximum absolute atomic E-state index is 11.6. The normalized spacial score (nSPS) is 42.8. The van der Waals surface area contributed by atoms with Crippen molar-refractivity contribution in [2.45, 2.75) is 44.8 Å². The minimum absolute atomic E-state index is 0.259. The van der Waals surface area contributed by atoms with Crippen LogP contribution in [-0.2, 0) is 9.84 Å². The van der Waals surface area contributed by atoms with Gasteiger partial charge >= 0.3 is 0 Å². The van der Waals surface area contributed by atoms with Crippen LogP contribution in [0.3, 0.4) is 0 Å². The van der Waals surface area contributed by atoms with Crippen LogP contribution in [0.4, 0.5) is 0 Å². The van der Waals surface area contributed by atoms with Crippen LogP contribution in [0.1, 0.15) is 26.7 Å². The molecule has 0 aliphatic carbocycles. The topological polar surface area (TPSA) is 49.4 Å². The number of hydrogen-bond donors (Lipinski definition) is 1. The maximum Gasteiger partial charge on any atom is 0.151 e. The van der Waals surface area contributed by atoms with Crippen molar-refractivity contribution < 1.29 is 8.42 Å². The van der Waals surface area contributed by atoms with Gasteiger partial charge in [0, 0.05) is 24.7 Å². The van der Waals surface area contributed by atoms with E-state index in [2.05, 4.69) is 24.1 Å². The van der Waals surface area contributed by atoms with Crippen molar-refractivity contribution >= 4 is 9.84 Å². The van der Waals surface area contributed by atoms with E-state index in [0.29, 0.717) is 29.5 Å². The van der Waals surface area contributed by atoms with Gasteiger partial charge in [0.25, 0.3) is 0 Å². The molecule has 0 bridgehead atoms. The second kappa shape index (κ2) is 4.86. The first-order valence-corrected chi connectivity index (χ1v) is 8.40. The summed E-state index contributed by atoms with van der Waals surface area (Å²) in [5.41, 5.74) is 0. The molecule has 2 heterocycles. The minimum atomic E-state index is -2.76. The lowest BCUT2D eigenvalue weighted by molar-refractivity contribution is 0.0574. The van der Waals surface area contributed by atoms with E-state index in [1.807, 2.05) is 7.05 Å². The monoisotopic (exact) mass is 260 g/mol. The van der Waals surface area contributed by atoms with Crippen molar-refractivity contribution in [3.05, 3.63) is 0 Å². The zero-order valence-corrected chi connectivity index (χ0v) is 11.8. The maximum atomic E-state index is 11.6. The second-order valence-electron chi connectivity index (χ2n) is 5.58. The van der Waals surface area contributed by atoms with Crippen molar-refractivity contribution in [2.75, 3.05) is 25.1 Å². The van der Waals surface area contributed by atoms with E-state index in [-0.39, 0.29) is 6.04 Å². The average Bonchev–Trinajstić information content (AvgIpc) is 2.63. The van der Waals surface area contributed by atoms with Crippen molar-refractivity contribution in [3.63, 3.8) is 0 Å². The molecule has 4 unspecified atom stereocenters. The van der Waals surface area contributed by atoms with E-state index in [1.165, 1.54) is 0 Å². The highest BCUT2D eigenvalue weighted by Gasteiger charge is 2.39. The van der Waals surface area contributed by atoms with E-state index < -0.39 is 9.84 Å². The zero-order chi connectivity index (χ0) is 12.6. The van der Waals surface area contributed by atoms with E-state index >= 15 is 0 Å². The highest BCUT2D eigenvalue weighted by Crippen LogP contribution is 2.29. The van der Waals surface area contributed by atoms with Gasteiger partial charge in [-0.25, -0.2) is 8.42 Å². The number of hydrogen-bond acceptors (Lipinski definition) is 4. The summed E-state index contributed by atoms with van der Waals surface area (Å²) >= 11 is 0. The van der Waals surface area contributed by atoms with Crippen LogP contribution < -0.4 is 5.32 Å². The molecule has 0 saturated carbocycles. The van der Waals surface area contributed by atoms with Crippen molar-refractivity contribution in [3.8, 4) is 0 Å². The van der Waals surface area contributed by atoms with Gasteiger partial charge in [-0.1, -0.05) is 6.92 Å². The first kappa shape index (κ1) is 13.3. The fraction of sp³-hybridized carbons (Fsp3) is 1.00. The Bertz CT molecular complexity index is 369. The third-order valence-electron chi connectivity index (χ3n) is 4.67. The second-order valence-corrected chi connectivity index (χ2v) is 7.81. The van der Waals surface area contributed by atoms with Crippen LogP contribution in [0, 0.1) is 5.92 Å². The molecule has 2 fully saturated rings. The molecule has 2 aliphatic heterocycles. The predicted octanol–water partition coefficient (Wildman–Crippen LogP) is 0.492. The minimum Gasteiger partial charge on any atom is -0.317 e. The third-order valence-corrected chi connectivity index (χ3v) is 6.42. The van der Waals surface area contributed by atoms with Gasteiger partial charge in [0.05, 0.1) is 11.5 Å². The van der Waals surface area contributed by atoms with Crippen LogP contribution in [0.5, 0.6) is 0 Å². The summed E-state index contributed by atoms with van der Waals surface area (Å²) in [5, 5.41) is 3.37. The van der Waals surface area contributed by atoms with E-state index in [1.54, 1.807) is 0 Å². The van der Waals surface area contributed by atoms with Gasteiger partial charge in [-0.2, -0.15) is 0 Å². The summed E-state index contributed by atoms with van der Waals surface area (Å²) in [4.78, 5) is 2.42. The van der Waals surface area contributed by atoms with Crippen molar-refractivity contribution in [1.29, 1.82) is 0 Å². The summed E-state index contributed by atoms with van der Waals surface area (Å²) < 4.78 is 23.1. The van der Waals surface area contributed by atoms with Gasteiger partial charge in [-0.05, 0) is 32.7 Å². The molecule has 17 heavy (non-hydrogen) atoms. The van der Waals surface area contributed by atoms with Gasteiger partial charge in [0.1, 0.15) is 0 Å². The van der Waals surface area contributed by atoms with Gasteiger partial charge in [0.2, 0.25) is 0 Å². The van der Waals surface area contributed by atoms with Crippen LogP contribution in [0.25, 0.3) is 0 Å². The zero-order valence-electron chi connectivity index (χ0n) is 11.0. The van der Waals surface area contributed by atoms with Crippen LogP contribution in [0.15, 0.2) is 0 Å². The Morgan fingerprint density at radius 1 is 1.24 bits per heavy atom. The molecule has 2 aliphatic rings. The number of nitrogens with one attached hydrogen (secondary N) is 1. The largest absolute Gasteiger partial charge is 0.317 e. The van der Waals surface area contributed by atoms with Gasteiger partial charge in [-0.15, -0.1) is 0 Å². The molecule has 5 heteroatoms. The lowest BCUT2D eigenvalue weighted by Crippen LogP contribution is -2.56. The highest BCUT2D eigenvalue weighted by atomic mass is 32.2. The summed E-state index contributed by atoms with van der Waals surface area (Å²) in [6.45, 7) is 5.53. The summed E-state index contributed by atoms with van der Waals surface area (Å²) in [6.07, 6.45) is 1.95. The first-order valence-electron chi connectivity index (χ1n) is 6.58. The molecule has 0 aromatic heterocycles. The lowest BCUT2D eigenvalue weighted by atomic mass is 9.86. The van der Waals surface area contributed by atoms with E-state index in [0.717, 1.165) is 19.4 Å². The number of rotatable bonds is 2.